The van der Waals surface area contributed by atoms with Crippen LogP contribution < -0.4 is 10.6 Å². The molecule has 23 heavy (non-hydrogen) atoms. The monoisotopic (exact) mass is 314 g/mol. The molecule has 1 aliphatic carbocycles. The van der Waals surface area contributed by atoms with Gasteiger partial charge in [-0.2, -0.15) is 0 Å². The lowest BCUT2D eigenvalue weighted by atomic mass is 9.95. The lowest BCUT2D eigenvalue weighted by Gasteiger charge is -2.20. The molecule has 2 aliphatic heterocycles. The molecule has 3 atom stereocenters. The van der Waals surface area contributed by atoms with Crippen LogP contribution in [0.4, 0.5) is 5.69 Å². The predicted octanol–water partition coefficient (Wildman–Crippen LogP) is 2.01. The summed E-state index contributed by atoms with van der Waals surface area (Å²) in [5.74, 6) is 0.345. The molecule has 1 aromatic carbocycles. The Morgan fingerprint density at radius 2 is 1.87 bits per heavy atom. The Labute approximate surface area is 135 Å². The summed E-state index contributed by atoms with van der Waals surface area (Å²) in [6.07, 6.45) is 6.06. The van der Waals surface area contributed by atoms with E-state index in [1.165, 1.54) is 0 Å². The van der Waals surface area contributed by atoms with Crippen molar-refractivity contribution in [2.75, 3.05) is 5.32 Å². The summed E-state index contributed by atoms with van der Waals surface area (Å²) in [4.78, 5) is 23.9. The summed E-state index contributed by atoms with van der Waals surface area (Å²) in [7, 11) is 0. The Kier molecular flexibility index (Phi) is 3.81. The highest BCUT2D eigenvalue weighted by Crippen LogP contribution is 2.34. The standard InChI is InChI=1S/C18H22N2O3/c21-17(20-15-10-14-7-8-16(15)23-14)9-11-1-5-13(6-2-11)19-18(22)12-3-4-12/h1-2,5-6,12,14-16H,3-4,7-10H2,(H,19,22)(H,20,21)/t14-,15-,16+/m1/s1. The minimum absolute atomic E-state index is 0.0425. The van der Waals surface area contributed by atoms with Crippen LogP contribution >= 0.6 is 0 Å². The van der Waals surface area contributed by atoms with Crippen molar-refractivity contribution in [3.05, 3.63) is 29.8 Å². The zero-order valence-electron chi connectivity index (χ0n) is 13.1. The van der Waals surface area contributed by atoms with Gasteiger partial charge in [-0.3, -0.25) is 9.59 Å². The van der Waals surface area contributed by atoms with E-state index in [0.29, 0.717) is 12.5 Å². The number of anilines is 1. The molecular weight excluding hydrogens is 292 g/mol. The summed E-state index contributed by atoms with van der Waals surface area (Å²) < 4.78 is 5.76. The third-order valence-electron chi connectivity index (χ3n) is 4.99. The molecule has 0 aromatic heterocycles. The van der Waals surface area contributed by atoms with Crippen molar-refractivity contribution in [2.24, 2.45) is 5.92 Å². The molecule has 2 N–H and O–H groups in total. The van der Waals surface area contributed by atoms with Crippen LogP contribution in [0.25, 0.3) is 0 Å². The van der Waals surface area contributed by atoms with Gasteiger partial charge in [-0.1, -0.05) is 12.1 Å². The summed E-state index contributed by atoms with van der Waals surface area (Å²) in [5, 5.41) is 6.00. The Hall–Kier alpha value is -1.88. The topological polar surface area (TPSA) is 67.4 Å². The second-order valence-corrected chi connectivity index (χ2v) is 6.92. The van der Waals surface area contributed by atoms with Gasteiger partial charge in [0.05, 0.1) is 24.7 Å². The molecule has 3 aliphatic rings. The number of hydrogen-bond donors (Lipinski definition) is 2. The average molecular weight is 314 g/mol. The number of ether oxygens (including phenoxy) is 1. The Morgan fingerprint density at radius 1 is 1.09 bits per heavy atom. The number of fused-ring (bicyclic) bond motifs is 2. The zero-order valence-corrected chi connectivity index (χ0v) is 13.1. The van der Waals surface area contributed by atoms with Crippen LogP contribution in [0.3, 0.4) is 0 Å². The summed E-state index contributed by atoms with van der Waals surface area (Å²) in [6.45, 7) is 0. The van der Waals surface area contributed by atoms with Crippen molar-refractivity contribution < 1.29 is 14.3 Å². The molecule has 4 rings (SSSR count). The third-order valence-corrected chi connectivity index (χ3v) is 4.99. The van der Waals surface area contributed by atoms with E-state index in [1.54, 1.807) is 0 Å². The molecule has 2 heterocycles. The lowest BCUT2D eigenvalue weighted by molar-refractivity contribution is -0.121. The second-order valence-electron chi connectivity index (χ2n) is 6.92. The highest BCUT2D eigenvalue weighted by atomic mass is 16.5. The zero-order chi connectivity index (χ0) is 15.8. The first kappa shape index (κ1) is 14.7. The van der Waals surface area contributed by atoms with Gasteiger partial charge in [0.25, 0.3) is 0 Å². The maximum absolute atomic E-state index is 12.2. The van der Waals surface area contributed by atoms with Gasteiger partial charge in [-0.15, -0.1) is 0 Å². The van der Waals surface area contributed by atoms with Crippen molar-refractivity contribution in [3.63, 3.8) is 0 Å². The fraction of sp³-hybridized carbons (Fsp3) is 0.556. The van der Waals surface area contributed by atoms with E-state index in [1.807, 2.05) is 24.3 Å². The predicted molar refractivity (Wildman–Crippen MR) is 85.9 cm³/mol. The van der Waals surface area contributed by atoms with E-state index in [9.17, 15) is 9.59 Å². The number of carbonyl (C=O) groups excluding carboxylic acids is 2. The third kappa shape index (κ3) is 3.39. The molecule has 2 saturated heterocycles. The fourth-order valence-electron chi connectivity index (χ4n) is 3.53. The minimum atomic E-state index is 0.0425. The van der Waals surface area contributed by atoms with Crippen LogP contribution in [0.1, 0.15) is 37.7 Å². The average Bonchev–Trinajstić information content (AvgIpc) is 3.20. The van der Waals surface area contributed by atoms with E-state index < -0.39 is 0 Å². The van der Waals surface area contributed by atoms with Crippen LogP contribution in [-0.4, -0.2) is 30.1 Å². The summed E-state index contributed by atoms with van der Waals surface area (Å²) >= 11 is 0. The van der Waals surface area contributed by atoms with Crippen molar-refractivity contribution in [1.82, 2.24) is 5.32 Å². The first-order valence-electron chi connectivity index (χ1n) is 8.52. The summed E-state index contributed by atoms with van der Waals surface area (Å²) in [6, 6.07) is 7.71. The normalized spacial score (nSPS) is 28.6. The number of rotatable bonds is 5. The van der Waals surface area contributed by atoms with Gasteiger partial charge in [-0.05, 0) is 49.8 Å². The van der Waals surface area contributed by atoms with Gasteiger partial charge in [0.2, 0.25) is 11.8 Å². The van der Waals surface area contributed by atoms with Gasteiger partial charge in [0.15, 0.2) is 0 Å². The highest BCUT2D eigenvalue weighted by molar-refractivity contribution is 5.94. The largest absolute Gasteiger partial charge is 0.373 e. The summed E-state index contributed by atoms with van der Waals surface area (Å²) in [5.41, 5.74) is 1.75. The Bertz CT molecular complexity index is 609. The molecule has 0 unspecified atom stereocenters. The number of nitrogens with one attached hydrogen (secondary N) is 2. The van der Waals surface area contributed by atoms with Crippen molar-refractivity contribution in [2.45, 2.75) is 56.8 Å². The van der Waals surface area contributed by atoms with Crippen molar-refractivity contribution >= 4 is 17.5 Å². The molecule has 0 radical (unpaired) electrons. The van der Waals surface area contributed by atoms with E-state index >= 15 is 0 Å². The van der Waals surface area contributed by atoms with Gasteiger partial charge in [-0.25, -0.2) is 0 Å². The Morgan fingerprint density at radius 3 is 2.48 bits per heavy atom. The lowest BCUT2D eigenvalue weighted by Crippen LogP contribution is -2.42. The van der Waals surface area contributed by atoms with E-state index in [-0.39, 0.29) is 29.9 Å². The first-order valence-corrected chi connectivity index (χ1v) is 8.52. The first-order chi connectivity index (χ1) is 11.2. The van der Waals surface area contributed by atoms with Crippen LogP contribution in [0.15, 0.2) is 24.3 Å². The van der Waals surface area contributed by atoms with Gasteiger partial charge in [0, 0.05) is 11.6 Å². The van der Waals surface area contributed by atoms with Crippen LogP contribution in [0.5, 0.6) is 0 Å². The molecule has 5 heteroatoms. The highest BCUT2D eigenvalue weighted by Gasteiger charge is 2.41. The van der Waals surface area contributed by atoms with Gasteiger partial charge >= 0.3 is 0 Å². The SMILES string of the molecule is O=C(Cc1ccc(NC(=O)C2CC2)cc1)N[C@@H]1C[C@H]2CC[C@@H]1O2. The Balaban J connectivity index is 1.28. The smallest absolute Gasteiger partial charge is 0.227 e. The molecule has 1 aromatic rings. The van der Waals surface area contributed by atoms with E-state index in [2.05, 4.69) is 10.6 Å². The number of hydrogen-bond acceptors (Lipinski definition) is 3. The van der Waals surface area contributed by atoms with E-state index in [0.717, 1.165) is 43.4 Å². The molecule has 1 saturated carbocycles. The molecule has 2 bridgehead atoms. The molecular formula is C18H22N2O3. The maximum atomic E-state index is 12.2. The van der Waals surface area contributed by atoms with Gasteiger partial charge < -0.3 is 15.4 Å². The number of amides is 2. The molecule has 3 fully saturated rings. The second kappa shape index (κ2) is 5.96. The van der Waals surface area contributed by atoms with Crippen molar-refractivity contribution in [3.8, 4) is 0 Å². The van der Waals surface area contributed by atoms with E-state index in [4.69, 9.17) is 4.74 Å². The van der Waals surface area contributed by atoms with Crippen LogP contribution in [-0.2, 0) is 20.7 Å². The van der Waals surface area contributed by atoms with Gasteiger partial charge in [0.1, 0.15) is 0 Å². The molecule has 122 valence electrons. The molecule has 5 nitrogen and oxygen atoms in total. The minimum Gasteiger partial charge on any atom is -0.373 e. The maximum Gasteiger partial charge on any atom is 0.227 e. The molecule has 0 spiro atoms. The fourth-order valence-corrected chi connectivity index (χ4v) is 3.53. The number of benzene rings is 1. The number of carbonyl (C=O) groups is 2. The molecule has 2 amide bonds. The van der Waals surface area contributed by atoms with Crippen LogP contribution in [0, 0.1) is 5.92 Å². The van der Waals surface area contributed by atoms with Crippen LogP contribution in [0.2, 0.25) is 0 Å². The quantitative estimate of drug-likeness (QED) is 0.873. The van der Waals surface area contributed by atoms with Crippen molar-refractivity contribution in [1.29, 1.82) is 0 Å².